The van der Waals surface area contributed by atoms with Gasteiger partial charge in [0.15, 0.2) is 0 Å². The molecule has 0 heteroatoms. The van der Waals surface area contributed by atoms with Gasteiger partial charge in [-0.25, -0.2) is 0 Å². The van der Waals surface area contributed by atoms with E-state index in [0.29, 0.717) is 0 Å². The van der Waals surface area contributed by atoms with Crippen molar-refractivity contribution in [3.63, 3.8) is 0 Å². The van der Waals surface area contributed by atoms with Gasteiger partial charge in [-0.1, -0.05) is 60.7 Å². The Morgan fingerprint density at radius 3 is 1.68 bits per heavy atom. The Labute approximate surface area is 114 Å². The highest BCUT2D eigenvalue weighted by Gasteiger charge is 2.10. The lowest BCUT2D eigenvalue weighted by Gasteiger charge is -2.14. The molecular formula is C19H18. The molecule has 19 heavy (non-hydrogen) atoms. The zero-order valence-corrected chi connectivity index (χ0v) is 11.5. The van der Waals surface area contributed by atoms with Crippen LogP contribution in [0.3, 0.4) is 0 Å². The molecule has 0 aliphatic rings. The summed E-state index contributed by atoms with van der Waals surface area (Å²) in [5.74, 6) is 0. The van der Waals surface area contributed by atoms with Crippen LogP contribution in [0, 0.1) is 6.92 Å². The third kappa shape index (κ3) is 1.94. The van der Waals surface area contributed by atoms with E-state index in [1.54, 1.807) is 0 Å². The molecular weight excluding hydrogens is 228 g/mol. The Hall–Kier alpha value is -2.08. The maximum Gasteiger partial charge on any atom is -0.00602 e. The first-order chi connectivity index (χ1) is 9.18. The van der Waals surface area contributed by atoms with Crippen molar-refractivity contribution in [2.75, 3.05) is 0 Å². The molecule has 0 spiro atoms. The average molecular weight is 246 g/mol. The van der Waals surface area contributed by atoms with Gasteiger partial charge in [0.05, 0.1) is 0 Å². The molecule has 0 N–H and O–H groups in total. The summed E-state index contributed by atoms with van der Waals surface area (Å²) in [5, 5.41) is 5.44. The van der Waals surface area contributed by atoms with Crippen molar-refractivity contribution in [1.29, 1.82) is 0 Å². The van der Waals surface area contributed by atoms with Crippen LogP contribution in [0.15, 0.2) is 60.7 Å². The topological polar surface area (TPSA) is 0 Å². The normalized spacial score (nSPS) is 11.1. The molecule has 3 aromatic rings. The first kappa shape index (κ1) is 12.0. The molecule has 3 rings (SSSR count). The minimum Gasteiger partial charge on any atom is -0.0998 e. The first-order valence-corrected chi connectivity index (χ1v) is 6.72. The number of hydrogen-bond acceptors (Lipinski definition) is 0. The van der Waals surface area contributed by atoms with Crippen LogP contribution >= 0.6 is 0 Å². The van der Waals surface area contributed by atoms with Gasteiger partial charge < -0.3 is 0 Å². The van der Waals surface area contributed by atoms with E-state index in [-0.39, 0.29) is 0 Å². The quantitative estimate of drug-likeness (QED) is 0.418. The molecule has 0 aromatic heterocycles. The third-order valence-electron chi connectivity index (χ3n) is 3.79. The van der Waals surface area contributed by atoms with Crippen LogP contribution in [-0.4, -0.2) is 0 Å². The van der Waals surface area contributed by atoms with E-state index in [0.717, 1.165) is 6.42 Å². The van der Waals surface area contributed by atoms with E-state index in [1.807, 2.05) is 0 Å². The molecule has 0 nitrogen and oxygen atoms in total. The van der Waals surface area contributed by atoms with E-state index in [1.165, 1.54) is 38.2 Å². The van der Waals surface area contributed by atoms with Crippen molar-refractivity contribution in [2.45, 2.75) is 20.3 Å². The van der Waals surface area contributed by atoms with Gasteiger partial charge in [0.1, 0.15) is 0 Å². The summed E-state index contributed by atoms with van der Waals surface area (Å²) in [6, 6.07) is 17.4. The predicted octanol–water partition coefficient (Wildman–Crippen LogP) is 5.42. The molecule has 0 atom stereocenters. The second kappa shape index (κ2) is 4.55. The Morgan fingerprint density at radius 2 is 1.26 bits per heavy atom. The van der Waals surface area contributed by atoms with Crippen LogP contribution in [0.1, 0.15) is 18.1 Å². The third-order valence-corrected chi connectivity index (χ3v) is 3.79. The summed E-state index contributed by atoms with van der Waals surface area (Å²) >= 11 is 0. The zero-order valence-electron chi connectivity index (χ0n) is 11.5. The molecule has 0 unspecified atom stereocenters. The lowest BCUT2D eigenvalue weighted by Crippen LogP contribution is -1.93. The van der Waals surface area contributed by atoms with Crippen molar-refractivity contribution >= 4 is 21.5 Å². The number of hydrogen-bond donors (Lipinski definition) is 0. The number of allylic oxidation sites excluding steroid dienone is 1. The van der Waals surface area contributed by atoms with Gasteiger partial charge in [-0.05, 0) is 52.9 Å². The van der Waals surface area contributed by atoms with Crippen LogP contribution in [0.5, 0.6) is 0 Å². The standard InChI is InChI=1S/C19H18/c1-13(2)12-19-17-10-6-4-8-15(17)14(3)16-9-5-7-11-18(16)19/h4-11H,1,12H2,2-3H3. The van der Waals surface area contributed by atoms with Crippen molar-refractivity contribution < 1.29 is 0 Å². The van der Waals surface area contributed by atoms with Crippen LogP contribution in [0.4, 0.5) is 0 Å². The van der Waals surface area contributed by atoms with E-state index in [4.69, 9.17) is 0 Å². The SMILES string of the molecule is C=C(C)Cc1c2ccccc2c(C)c2ccccc12. The smallest absolute Gasteiger partial charge is 0.00602 e. The summed E-state index contributed by atoms with van der Waals surface area (Å²) in [5.41, 5.74) is 3.99. The fourth-order valence-electron chi connectivity index (χ4n) is 2.93. The predicted molar refractivity (Wildman–Crippen MR) is 84.7 cm³/mol. The summed E-state index contributed by atoms with van der Waals surface area (Å²) < 4.78 is 0. The Kier molecular flexibility index (Phi) is 2.87. The Morgan fingerprint density at radius 1 is 0.842 bits per heavy atom. The molecule has 0 aliphatic carbocycles. The van der Waals surface area contributed by atoms with Gasteiger partial charge in [0.2, 0.25) is 0 Å². The second-order valence-electron chi connectivity index (χ2n) is 5.33. The number of rotatable bonds is 2. The highest BCUT2D eigenvalue weighted by Crippen LogP contribution is 2.33. The van der Waals surface area contributed by atoms with E-state index >= 15 is 0 Å². The summed E-state index contributed by atoms with van der Waals surface area (Å²) in [6.07, 6.45) is 0.946. The number of aryl methyl sites for hydroxylation is 1. The molecule has 0 fully saturated rings. The van der Waals surface area contributed by atoms with Gasteiger partial charge in [0.25, 0.3) is 0 Å². The van der Waals surface area contributed by atoms with Gasteiger partial charge in [-0.3, -0.25) is 0 Å². The van der Waals surface area contributed by atoms with Gasteiger partial charge in [0, 0.05) is 0 Å². The Bertz CT molecular complexity index is 721. The molecule has 0 radical (unpaired) electrons. The molecule has 3 aromatic carbocycles. The minimum atomic E-state index is 0.946. The van der Waals surface area contributed by atoms with Crippen LogP contribution in [0.2, 0.25) is 0 Å². The molecule has 0 bridgehead atoms. The maximum absolute atomic E-state index is 4.09. The summed E-state index contributed by atoms with van der Waals surface area (Å²) in [6.45, 7) is 8.40. The van der Waals surface area contributed by atoms with Crippen LogP contribution < -0.4 is 0 Å². The van der Waals surface area contributed by atoms with E-state index in [9.17, 15) is 0 Å². The fourth-order valence-corrected chi connectivity index (χ4v) is 2.93. The summed E-state index contributed by atoms with van der Waals surface area (Å²) in [7, 11) is 0. The second-order valence-corrected chi connectivity index (χ2v) is 5.33. The van der Waals surface area contributed by atoms with Gasteiger partial charge in [-0.15, -0.1) is 0 Å². The van der Waals surface area contributed by atoms with E-state index in [2.05, 4.69) is 69.0 Å². The number of fused-ring (bicyclic) bond motifs is 2. The van der Waals surface area contributed by atoms with Gasteiger partial charge in [-0.2, -0.15) is 0 Å². The zero-order chi connectivity index (χ0) is 13.4. The average Bonchev–Trinajstić information content (AvgIpc) is 2.43. The maximum atomic E-state index is 4.09. The van der Waals surface area contributed by atoms with Gasteiger partial charge >= 0.3 is 0 Å². The highest BCUT2D eigenvalue weighted by molar-refractivity contribution is 6.05. The monoisotopic (exact) mass is 246 g/mol. The molecule has 0 aliphatic heterocycles. The molecule has 0 amide bonds. The summed E-state index contributed by atoms with van der Waals surface area (Å²) in [4.78, 5) is 0. The lowest BCUT2D eigenvalue weighted by molar-refractivity contribution is 1.19. The molecule has 94 valence electrons. The van der Waals surface area contributed by atoms with Crippen LogP contribution in [0.25, 0.3) is 21.5 Å². The molecule has 0 heterocycles. The first-order valence-electron chi connectivity index (χ1n) is 6.72. The fraction of sp³-hybridized carbons (Fsp3) is 0.158. The Balaban J connectivity index is 2.52. The molecule has 0 saturated carbocycles. The lowest BCUT2D eigenvalue weighted by atomic mass is 9.90. The van der Waals surface area contributed by atoms with Crippen molar-refractivity contribution in [3.8, 4) is 0 Å². The van der Waals surface area contributed by atoms with Crippen molar-refractivity contribution in [1.82, 2.24) is 0 Å². The van der Waals surface area contributed by atoms with Crippen molar-refractivity contribution in [2.24, 2.45) is 0 Å². The van der Waals surface area contributed by atoms with Crippen LogP contribution in [-0.2, 0) is 6.42 Å². The number of benzene rings is 3. The highest BCUT2D eigenvalue weighted by atomic mass is 14.1. The largest absolute Gasteiger partial charge is 0.0998 e. The minimum absolute atomic E-state index is 0.946. The van der Waals surface area contributed by atoms with Crippen molar-refractivity contribution in [3.05, 3.63) is 71.8 Å². The molecule has 0 saturated heterocycles. The van der Waals surface area contributed by atoms with E-state index < -0.39 is 0 Å².